The van der Waals surface area contributed by atoms with Crippen LogP contribution in [0.15, 0.2) is 24.3 Å². The Morgan fingerprint density at radius 3 is 2.86 bits per heavy atom. The summed E-state index contributed by atoms with van der Waals surface area (Å²) in [6.07, 6.45) is 3.72. The van der Waals surface area contributed by atoms with E-state index in [1.807, 2.05) is 12.1 Å². The first kappa shape index (κ1) is 11.2. The Labute approximate surface area is 96.8 Å². The van der Waals surface area contributed by atoms with E-state index in [0.717, 1.165) is 12.0 Å². The Hall–Kier alpha value is -0.840. The van der Waals surface area contributed by atoms with E-state index in [4.69, 9.17) is 5.11 Å². The Morgan fingerprint density at radius 1 is 1.57 bits per heavy atom. The fraction of sp³-hybridized carbons (Fsp3) is 0.182. The van der Waals surface area contributed by atoms with Gasteiger partial charge in [0.15, 0.2) is 0 Å². The SMILES string of the molecule is CCc1cc(I)ccc1C=CC(=O)O. The normalized spacial score (nSPS) is 10.7. The maximum absolute atomic E-state index is 10.4. The van der Waals surface area contributed by atoms with Crippen LogP contribution in [0.1, 0.15) is 18.1 Å². The lowest BCUT2D eigenvalue weighted by molar-refractivity contribution is -0.131. The minimum atomic E-state index is -0.911. The molecule has 0 amide bonds. The molecular weight excluding hydrogens is 291 g/mol. The Bertz CT molecular complexity index is 370. The van der Waals surface area contributed by atoms with Gasteiger partial charge in [-0.15, -0.1) is 0 Å². The van der Waals surface area contributed by atoms with Crippen molar-refractivity contribution in [2.75, 3.05) is 0 Å². The Morgan fingerprint density at radius 2 is 2.29 bits per heavy atom. The molecule has 0 aromatic heterocycles. The standard InChI is InChI=1S/C11H11IO2/c1-2-8-7-10(12)5-3-9(8)4-6-11(13)14/h3-7H,2H2,1H3,(H,13,14). The molecule has 1 aromatic rings. The van der Waals surface area contributed by atoms with Gasteiger partial charge < -0.3 is 5.11 Å². The average Bonchev–Trinajstić information content (AvgIpc) is 2.15. The van der Waals surface area contributed by atoms with E-state index in [0.29, 0.717) is 0 Å². The monoisotopic (exact) mass is 302 g/mol. The molecular formula is C11H11IO2. The van der Waals surface area contributed by atoms with Gasteiger partial charge in [-0.2, -0.15) is 0 Å². The third kappa shape index (κ3) is 3.14. The second-order valence-electron chi connectivity index (χ2n) is 2.87. The molecule has 0 saturated heterocycles. The highest BCUT2D eigenvalue weighted by Crippen LogP contribution is 2.15. The molecule has 1 aromatic carbocycles. The van der Waals surface area contributed by atoms with Gasteiger partial charge in [-0.3, -0.25) is 0 Å². The van der Waals surface area contributed by atoms with E-state index in [-0.39, 0.29) is 0 Å². The summed E-state index contributed by atoms with van der Waals surface area (Å²) in [4.78, 5) is 10.4. The highest BCUT2D eigenvalue weighted by atomic mass is 127. The molecule has 3 heteroatoms. The van der Waals surface area contributed by atoms with Gasteiger partial charge in [-0.05, 0) is 58.3 Å². The van der Waals surface area contributed by atoms with Gasteiger partial charge >= 0.3 is 5.97 Å². The minimum absolute atomic E-state index is 0.911. The molecule has 0 heterocycles. The molecule has 1 N–H and O–H groups in total. The minimum Gasteiger partial charge on any atom is -0.478 e. The maximum Gasteiger partial charge on any atom is 0.328 e. The summed E-state index contributed by atoms with van der Waals surface area (Å²) < 4.78 is 1.17. The van der Waals surface area contributed by atoms with Crippen molar-refractivity contribution in [2.45, 2.75) is 13.3 Å². The molecule has 0 saturated carbocycles. The van der Waals surface area contributed by atoms with Crippen molar-refractivity contribution in [1.29, 1.82) is 0 Å². The van der Waals surface area contributed by atoms with Crippen molar-refractivity contribution < 1.29 is 9.90 Å². The fourth-order valence-electron chi connectivity index (χ4n) is 1.20. The molecule has 0 aliphatic heterocycles. The third-order valence-corrected chi connectivity index (χ3v) is 2.56. The number of aryl methyl sites for hydroxylation is 1. The zero-order chi connectivity index (χ0) is 10.6. The summed E-state index contributed by atoms with van der Waals surface area (Å²) in [6.45, 7) is 2.06. The number of hydrogen-bond acceptors (Lipinski definition) is 1. The smallest absolute Gasteiger partial charge is 0.328 e. The molecule has 14 heavy (non-hydrogen) atoms. The lowest BCUT2D eigenvalue weighted by Crippen LogP contribution is -1.90. The fourth-order valence-corrected chi connectivity index (χ4v) is 1.76. The number of hydrogen-bond donors (Lipinski definition) is 1. The zero-order valence-electron chi connectivity index (χ0n) is 7.83. The van der Waals surface area contributed by atoms with Crippen LogP contribution < -0.4 is 0 Å². The van der Waals surface area contributed by atoms with E-state index in [2.05, 4.69) is 35.6 Å². The van der Waals surface area contributed by atoms with Crippen molar-refractivity contribution in [3.8, 4) is 0 Å². The van der Waals surface area contributed by atoms with Gasteiger partial charge in [-0.25, -0.2) is 4.79 Å². The number of halogens is 1. The highest BCUT2D eigenvalue weighted by Gasteiger charge is 1.98. The van der Waals surface area contributed by atoms with E-state index >= 15 is 0 Å². The van der Waals surface area contributed by atoms with E-state index < -0.39 is 5.97 Å². The van der Waals surface area contributed by atoms with Crippen molar-refractivity contribution in [3.63, 3.8) is 0 Å². The first-order chi connectivity index (χ1) is 6.63. The van der Waals surface area contributed by atoms with Crippen LogP contribution in [-0.2, 0) is 11.2 Å². The van der Waals surface area contributed by atoms with Crippen LogP contribution in [0.2, 0.25) is 0 Å². The number of carbonyl (C=O) groups is 1. The molecule has 0 aliphatic rings. The van der Waals surface area contributed by atoms with Crippen LogP contribution >= 0.6 is 22.6 Å². The summed E-state index contributed by atoms with van der Waals surface area (Å²) in [6, 6.07) is 5.99. The lowest BCUT2D eigenvalue weighted by Gasteiger charge is -2.03. The molecule has 74 valence electrons. The van der Waals surface area contributed by atoms with Crippen LogP contribution in [0, 0.1) is 3.57 Å². The number of rotatable bonds is 3. The first-order valence-electron chi connectivity index (χ1n) is 4.33. The molecule has 0 fully saturated rings. The van der Waals surface area contributed by atoms with Crippen LogP contribution in [-0.4, -0.2) is 11.1 Å². The predicted octanol–water partition coefficient (Wildman–Crippen LogP) is 2.95. The molecule has 0 bridgehead atoms. The Balaban J connectivity index is 3.02. The molecule has 0 spiro atoms. The summed E-state index contributed by atoms with van der Waals surface area (Å²) in [5, 5.41) is 8.50. The topological polar surface area (TPSA) is 37.3 Å². The lowest BCUT2D eigenvalue weighted by atomic mass is 10.1. The maximum atomic E-state index is 10.4. The summed E-state index contributed by atoms with van der Waals surface area (Å²) in [5.41, 5.74) is 2.16. The second-order valence-corrected chi connectivity index (χ2v) is 4.11. The molecule has 0 atom stereocenters. The van der Waals surface area contributed by atoms with Crippen LogP contribution in [0.25, 0.3) is 6.08 Å². The molecule has 0 radical (unpaired) electrons. The summed E-state index contributed by atoms with van der Waals surface area (Å²) in [5.74, 6) is -0.911. The number of carboxylic acids is 1. The number of benzene rings is 1. The van der Waals surface area contributed by atoms with Crippen molar-refractivity contribution in [3.05, 3.63) is 39.0 Å². The van der Waals surface area contributed by atoms with Crippen LogP contribution in [0.4, 0.5) is 0 Å². The average molecular weight is 302 g/mol. The summed E-state index contributed by atoms with van der Waals surface area (Å²) in [7, 11) is 0. The van der Waals surface area contributed by atoms with E-state index in [9.17, 15) is 4.79 Å². The van der Waals surface area contributed by atoms with Gasteiger partial charge in [0.25, 0.3) is 0 Å². The molecule has 0 aliphatic carbocycles. The van der Waals surface area contributed by atoms with Gasteiger partial charge in [0.2, 0.25) is 0 Å². The van der Waals surface area contributed by atoms with Crippen molar-refractivity contribution >= 4 is 34.6 Å². The largest absolute Gasteiger partial charge is 0.478 e. The third-order valence-electron chi connectivity index (χ3n) is 1.89. The number of aliphatic carboxylic acids is 1. The quantitative estimate of drug-likeness (QED) is 0.688. The molecule has 0 unspecified atom stereocenters. The highest BCUT2D eigenvalue weighted by molar-refractivity contribution is 14.1. The van der Waals surface area contributed by atoms with Gasteiger partial charge in [0.05, 0.1) is 0 Å². The number of carboxylic acid groups (broad SMARTS) is 1. The van der Waals surface area contributed by atoms with E-state index in [1.54, 1.807) is 6.08 Å². The van der Waals surface area contributed by atoms with Crippen LogP contribution in [0.5, 0.6) is 0 Å². The van der Waals surface area contributed by atoms with Crippen molar-refractivity contribution in [1.82, 2.24) is 0 Å². The van der Waals surface area contributed by atoms with Crippen LogP contribution in [0.3, 0.4) is 0 Å². The first-order valence-corrected chi connectivity index (χ1v) is 5.40. The van der Waals surface area contributed by atoms with Gasteiger partial charge in [0.1, 0.15) is 0 Å². The van der Waals surface area contributed by atoms with E-state index in [1.165, 1.54) is 15.2 Å². The second kappa shape index (κ2) is 5.14. The molecule has 1 rings (SSSR count). The summed E-state index contributed by atoms with van der Waals surface area (Å²) >= 11 is 2.25. The predicted molar refractivity (Wildman–Crippen MR) is 65.2 cm³/mol. The Kier molecular flexibility index (Phi) is 4.13. The van der Waals surface area contributed by atoms with Gasteiger partial charge in [-0.1, -0.05) is 13.0 Å². The zero-order valence-corrected chi connectivity index (χ0v) is 9.98. The molecule has 2 nitrogen and oxygen atoms in total. The van der Waals surface area contributed by atoms with Gasteiger partial charge in [0, 0.05) is 9.65 Å². The van der Waals surface area contributed by atoms with Crippen molar-refractivity contribution in [2.24, 2.45) is 0 Å².